The monoisotopic (exact) mass is 394 g/mol. The summed E-state index contributed by atoms with van der Waals surface area (Å²) in [4.78, 5) is 24.0. The van der Waals surface area contributed by atoms with E-state index in [2.05, 4.69) is 5.32 Å². The van der Waals surface area contributed by atoms with Gasteiger partial charge in [-0.2, -0.15) is 4.31 Å². The van der Waals surface area contributed by atoms with Crippen LogP contribution in [0.1, 0.15) is 55.3 Å². The van der Waals surface area contributed by atoms with Gasteiger partial charge in [-0.05, 0) is 43.9 Å². The van der Waals surface area contributed by atoms with Crippen molar-refractivity contribution in [2.24, 2.45) is 5.92 Å². The van der Waals surface area contributed by atoms with E-state index < -0.39 is 33.9 Å². The van der Waals surface area contributed by atoms with E-state index in [9.17, 15) is 23.1 Å². The minimum absolute atomic E-state index is 0.109. The van der Waals surface area contributed by atoms with Crippen molar-refractivity contribution in [3.05, 3.63) is 29.8 Å². The number of amides is 1. The number of benzene rings is 1. The number of carbonyl (C=O) groups excluding carboxylic acids is 1. The first-order valence-electron chi connectivity index (χ1n) is 9.53. The summed E-state index contributed by atoms with van der Waals surface area (Å²) in [5.74, 6) is -1.92. The van der Waals surface area contributed by atoms with Crippen LogP contribution in [0.5, 0.6) is 0 Å². The maximum Gasteiger partial charge on any atom is 0.308 e. The Bertz CT molecular complexity index is 800. The first-order chi connectivity index (χ1) is 12.9. The Morgan fingerprint density at radius 2 is 1.74 bits per heavy atom. The van der Waals surface area contributed by atoms with Crippen LogP contribution in [0.2, 0.25) is 0 Å². The van der Waals surface area contributed by atoms with Crippen molar-refractivity contribution in [3.63, 3.8) is 0 Å². The number of nitrogens with zero attached hydrogens (tertiary/aromatic N) is 1. The van der Waals surface area contributed by atoms with Gasteiger partial charge in [0.1, 0.15) is 0 Å². The summed E-state index contributed by atoms with van der Waals surface area (Å²) in [5, 5.41) is 12.0. The molecule has 27 heavy (non-hydrogen) atoms. The normalized spacial score (nSPS) is 24.3. The molecule has 1 saturated carbocycles. The van der Waals surface area contributed by atoms with Gasteiger partial charge in [-0.3, -0.25) is 9.59 Å². The van der Waals surface area contributed by atoms with Gasteiger partial charge in [-0.15, -0.1) is 0 Å². The number of rotatable bonds is 5. The van der Waals surface area contributed by atoms with Crippen molar-refractivity contribution in [2.45, 2.75) is 55.9 Å². The average Bonchev–Trinajstić information content (AvgIpc) is 2.93. The van der Waals surface area contributed by atoms with Crippen molar-refractivity contribution in [1.29, 1.82) is 0 Å². The molecule has 1 heterocycles. The van der Waals surface area contributed by atoms with Crippen LogP contribution >= 0.6 is 0 Å². The lowest BCUT2D eigenvalue weighted by Gasteiger charge is -2.21. The molecule has 1 aromatic rings. The lowest BCUT2D eigenvalue weighted by molar-refractivity contribution is -0.142. The molecule has 7 nitrogen and oxygen atoms in total. The van der Waals surface area contributed by atoms with Crippen LogP contribution < -0.4 is 5.32 Å². The molecule has 0 radical (unpaired) electrons. The minimum atomic E-state index is -3.63. The third kappa shape index (κ3) is 4.50. The Hall–Kier alpha value is -1.93. The molecule has 2 atom stereocenters. The number of nitrogens with one attached hydrogen (secondary N) is 1. The standard InChI is InChI=1S/C19H26N2O5S/c22-18(20-17-10-6-9-16(17)19(23)24)14-7-5-8-15(13-14)27(25,26)21-11-3-1-2-4-12-21/h5,7-8,13,16-17H,1-4,6,9-12H2,(H,20,22)(H,23,24)/t16-,17+/m1/s1. The fraction of sp³-hybridized carbons (Fsp3) is 0.579. The molecule has 1 amide bonds. The third-order valence-electron chi connectivity index (χ3n) is 5.45. The SMILES string of the molecule is O=C(N[C@H]1CCC[C@H]1C(=O)O)c1cccc(S(=O)(=O)N2CCCCCC2)c1. The fourth-order valence-electron chi connectivity index (χ4n) is 3.91. The second-order valence-corrected chi connectivity index (χ2v) is 9.24. The molecule has 8 heteroatoms. The van der Waals surface area contributed by atoms with E-state index in [0.717, 1.165) is 32.1 Å². The number of hydrogen-bond acceptors (Lipinski definition) is 4. The van der Waals surface area contributed by atoms with Crippen molar-refractivity contribution in [3.8, 4) is 0 Å². The zero-order chi connectivity index (χ0) is 19.4. The smallest absolute Gasteiger partial charge is 0.308 e. The van der Waals surface area contributed by atoms with Gasteiger partial charge in [0.2, 0.25) is 10.0 Å². The molecule has 1 aromatic carbocycles. The summed E-state index contributed by atoms with van der Waals surface area (Å²) >= 11 is 0. The predicted octanol–water partition coefficient (Wildman–Crippen LogP) is 2.23. The van der Waals surface area contributed by atoms with E-state index in [1.54, 1.807) is 12.1 Å². The lowest BCUT2D eigenvalue weighted by Crippen LogP contribution is -2.40. The number of aliphatic carboxylic acids is 1. The molecule has 0 spiro atoms. The van der Waals surface area contributed by atoms with Crippen LogP contribution in [0.4, 0.5) is 0 Å². The van der Waals surface area contributed by atoms with Crippen molar-refractivity contribution < 1.29 is 23.1 Å². The van der Waals surface area contributed by atoms with Gasteiger partial charge in [0.15, 0.2) is 0 Å². The van der Waals surface area contributed by atoms with Gasteiger partial charge < -0.3 is 10.4 Å². The van der Waals surface area contributed by atoms with Gasteiger partial charge in [0.05, 0.1) is 10.8 Å². The first kappa shape index (κ1) is 19.8. The maximum absolute atomic E-state index is 12.9. The van der Waals surface area contributed by atoms with Crippen LogP contribution in [0.25, 0.3) is 0 Å². The highest BCUT2D eigenvalue weighted by Gasteiger charge is 2.34. The molecule has 2 N–H and O–H groups in total. The molecule has 3 rings (SSSR count). The Labute approximate surface area is 159 Å². The van der Waals surface area contributed by atoms with E-state index >= 15 is 0 Å². The average molecular weight is 394 g/mol. The molecular weight excluding hydrogens is 368 g/mol. The Morgan fingerprint density at radius 3 is 2.41 bits per heavy atom. The zero-order valence-electron chi connectivity index (χ0n) is 15.3. The maximum atomic E-state index is 12.9. The second-order valence-electron chi connectivity index (χ2n) is 7.30. The molecule has 148 valence electrons. The number of carbonyl (C=O) groups is 2. The molecule has 0 bridgehead atoms. The summed E-state index contributed by atoms with van der Waals surface area (Å²) in [5.41, 5.74) is 0.238. The van der Waals surface area contributed by atoms with Crippen LogP contribution in [0, 0.1) is 5.92 Å². The second kappa shape index (κ2) is 8.39. The van der Waals surface area contributed by atoms with E-state index in [-0.39, 0.29) is 10.5 Å². The van der Waals surface area contributed by atoms with Crippen LogP contribution in [0.15, 0.2) is 29.2 Å². The molecule has 1 aliphatic carbocycles. The number of hydrogen-bond donors (Lipinski definition) is 2. The number of carboxylic acid groups (broad SMARTS) is 1. The predicted molar refractivity (Wildman–Crippen MR) is 99.9 cm³/mol. The number of sulfonamides is 1. The Morgan fingerprint density at radius 1 is 1.04 bits per heavy atom. The summed E-state index contributed by atoms with van der Waals surface area (Å²) in [7, 11) is -3.63. The summed E-state index contributed by atoms with van der Waals surface area (Å²) in [6.45, 7) is 1.00. The molecule has 0 aromatic heterocycles. The third-order valence-corrected chi connectivity index (χ3v) is 7.34. The van der Waals surface area contributed by atoms with Crippen molar-refractivity contribution in [1.82, 2.24) is 9.62 Å². The molecule has 2 aliphatic rings. The van der Waals surface area contributed by atoms with E-state index in [1.165, 1.54) is 16.4 Å². The summed E-state index contributed by atoms with van der Waals surface area (Å²) in [6, 6.07) is 5.60. The van der Waals surface area contributed by atoms with E-state index in [0.29, 0.717) is 25.9 Å². The summed E-state index contributed by atoms with van der Waals surface area (Å²) < 4.78 is 27.3. The molecule has 1 saturated heterocycles. The number of carboxylic acids is 1. The van der Waals surface area contributed by atoms with Gasteiger partial charge in [0.25, 0.3) is 5.91 Å². The van der Waals surface area contributed by atoms with Crippen LogP contribution in [0.3, 0.4) is 0 Å². The zero-order valence-corrected chi connectivity index (χ0v) is 16.1. The highest BCUT2D eigenvalue weighted by Crippen LogP contribution is 2.26. The highest BCUT2D eigenvalue weighted by atomic mass is 32.2. The summed E-state index contributed by atoms with van der Waals surface area (Å²) in [6.07, 6.45) is 5.67. The molecule has 1 aliphatic heterocycles. The molecule has 2 fully saturated rings. The van der Waals surface area contributed by atoms with Crippen molar-refractivity contribution >= 4 is 21.9 Å². The Kier molecular flexibility index (Phi) is 6.16. The molecular formula is C19H26N2O5S. The first-order valence-corrected chi connectivity index (χ1v) is 11.0. The van der Waals surface area contributed by atoms with Gasteiger partial charge in [-0.1, -0.05) is 25.3 Å². The van der Waals surface area contributed by atoms with E-state index in [1.807, 2.05) is 0 Å². The fourth-order valence-corrected chi connectivity index (χ4v) is 5.47. The van der Waals surface area contributed by atoms with Gasteiger partial charge in [-0.25, -0.2) is 8.42 Å². The molecule has 0 unspecified atom stereocenters. The topological polar surface area (TPSA) is 104 Å². The van der Waals surface area contributed by atoms with Gasteiger partial charge >= 0.3 is 5.97 Å². The van der Waals surface area contributed by atoms with Crippen LogP contribution in [-0.4, -0.2) is 48.8 Å². The van der Waals surface area contributed by atoms with Gasteiger partial charge in [0, 0.05) is 24.7 Å². The largest absolute Gasteiger partial charge is 0.481 e. The lowest BCUT2D eigenvalue weighted by atomic mass is 10.0. The highest BCUT2D eigenvalue weighted by molar-refractivity contribution is 7.89. The quantitative estimate of drug-likeness (QED) is 0.797. The minimum Gasteiger partial charge on any atom is -0.481 e. The van der Waals surface area contributed by atoms with E-state index in [4.69, 9.17) is 0 Å². The van der Waals surface area contributed by atoms with Crippen LogP contribution in [-0.2, 0) is 14.8 Å². The van der Waals surface area contributed by atoms with Crippen molar-refractivity contribution in [2.75, 3.05) is 13.1 Å². The Balaban J connectivity index is 1.76.